The first-order chi connectivity index (χ1) is 18.7. The molecule has 3 aromatic rings. The van der Waals surface area contributed by atoms with Crippen LogP contribution in [0.1, 0.15) is 40.1 Å². The van der Waals surface area contributed by atoms with Gasteiger partial charge in [-0.05, 0) is 43.4 Å². The summed E-state index contributed by atoms with van der Waals surface area (Å²) in [7, 11) is -3.78. The van der Waals surface area contributed by atoms with Crippen LogP contribution >= 0.6 is 46.2 Å². The van der Waals surface area contributed by atoms with Crippen molar-refractivity contribution in [3.05, 3.63) is 44.9 Å². The number of piperazine rings is 1. The van der Waals surface area contributed by atoms with Gasteiger partial charge in [-0.3, -0.25) is 9.59 Å². The molecule has 6 rings (SSSR count). The van der Waals surface area contributed by atoms with Crippen LogP contribution in [0.4, 0.5) is 4.79 Å². The lowest BCUT2D eigenvalue weighted by molar-refractivity contribution is 0.0542. The minimum Gasteiger partial charge on any atom is -0.331 e. The number of thiophene rings is 1. The van der Waals surface area contributed by atoms with Gasteiger partial charge in [0.05, 0.1) is 11.9 Å². The molecule has 0 saturated carbocycles. The maximum atomic E-state index is 13.7. The van der Waals surface area contributed by atoms with E-state index in [0.717, 1.165) is 39.0 Å². The molecule has 3 unspecified atom stereocenters. The first-order valence-electron chi connectivity index (χ1n) is 12.6. The van der Waals surface area contributed by atoms with E-state index in [1.165, 1.54) is 27.0 Å². The molecule has 3 aliphatic rings. The maximum Gasteiger partial charge on any atom is 0.295 e. The summed E-state index contributed by atoms with van der Waals surface area (Å²) in [6.07, 6.45) is 1.61. The number of carbonyl (C=O) groups is 2. The van der Waals surface area contributed by atoms with E-state index in [9.17, 15) is 18.0 Å². The molecule has 0 spiro atoms. The molecule has 5 heterocycles. The van der Waals surface area contributed by atoms with E-state index in [-0.39, 0.29) is 47.2 Å². The zero-order valence-corrected chi connectivity index (χ0v) is 25.0. The van der Waals surface area contributed by atoms with Crippen molar-refractivity contribution < 1.29 is 18.0 Å². The number of fused-ring (bicyclic) bond motifs is 2. The molecule has 2 saturated heterocycles. The van der Waals surface area contributed by atoms with Crippen LogP contribution in [-0.4, -0.2) is 71.6 Å². The summed E-state index contributed by atoms with van der Waals surface area (Å²) in [5.41, 5.74) is 0.965. The molecule has 10 nitrogen and oxygen atoms in total. The molecule has 3 atom stereocenters. The average molecular weight is 627 g/mol. The highest BCUT2D eigenvalue weighted by molar-refractivity contribution is 8.12. The SMILES string of the molecule is CC1Cc2nc(C(=O)N3CCN(S(=O)(=O)c4cc5ccc(Cl)cc5s4)CC3CCC3NSC(=O)N3)sc2CN1. The Balaban J connectivity index is 1.24. The van der Waals surface area contributed by atoms with Gasteiger partial charge in [0.1, 0.15) is 4.21 Å². The molecule has 0 aliphatic carbocycles. The van der Waals surface area contributed by atoms with E-state index in [2.05, 4.69) is 27.3 Å². The Labute approximate surface area is 243 Å². The van der Waals surface area contributed by atoms with Gasteiger partial charge in [0, 0.05) is 71.2 Å². The highest BCUT2D eigenvalue weighted by atomic mass is 35.5. The predicted molar refractivity (Wildman–Crippen MR) is 155 cm³/mol. The zero-order valence-electron chi connectivity index (χ0n) is 21.0. The second kappa shape index (κ2) is 10.9. The van der Waals surface area contributed by atoms with E-state index in [1.807, 2.05) is 6.07 Å². The van der Waals surface area contributed by atoms with Gasteiger partial charge in [-0.25, -0.2) is 18.1 Å². The monoisotopic (exact) mass is 626 g/mol. The summed E-state index contributed by atoms with van der Waals surface area (Å²) in [6.45, 7) is 3.41. The third-order valence-electron chi connectivity index (χ3n) is 7.21. The second-order valence-corrected chi connectivity index (χ2v) is 15.5. The van der Waals surface area contributed by atoms with Gasteiger partial charge in [-0.2, -0.15) is 4.31 Å². The Morgan fingerprint density at radius 3 is 2.85 bits per heavy atom. The second-order valence-electron chi connectivity index (χ2n) is 9.92. The van der Waals surface area contributed by atoms with Crippen molar-refractivity contribution in [1.29, 1.82) is 0 Å². The van der Waals surface area contributed by atoms with Crippen LogP contribution in [-0.2, 0) is 23.0 Å². The molecule has 3 aliphatic heterocycles. The third-order valence-corrected chi connectivity index (χ3v) is 12.6. The standard InChI is InChI=1S/C24H27ClN6O4S4/c1-13-8-17-19(11-26-13)37-22(27-17)23(32)31-7-6-30(12-16(31)4-5-20-28-24(33)38-29-20)39(34,35)21-9-14-2-3-15(25)10-18(14)36-21/h2-3,9-10,13,16,20,26,29H,4-8,11-12H2,1H3,(H,28,33). The Morgan fingerprint density at radius 1 is 1.21 bits per heavy atom. The number of hydrogen-bond acceptors (Lipinski definition) is 10. The van der Waals surface area contributed by atoms with Crippen molar-refractivity contribution in [3.8, 4) is 0 Å². The minimum atomic E-state index is -3.78. The van der Waals surface area contributed by atoms with Crippen molar-refractivity contribution in [2.45, 2.75) is 55.2 Å². The van der Waals surface area contributed by atoms with E-state index in [1.54, 1.807) is 23.1 Å². The fourth-order valence-electron chi connectivity index (χ4n) is 5.13. The smallest absolute Gasteiger partial charge is 0.295 e. The number of aromatic nitrogens is 1. The van der Waals surface area contributed by atoms with Crippen LogP contribution < -0.4 is 15.4 Å². The summed E-state index contributed by atoms with van der Waals surface area (Å²) in [5, 5.41) is 7.93. The number of nitrogens with one attached hydrogen (secondary N) is 3. The number of amides is 2. The largest absolute Gasteiger partial charge is 0.331 e. The minimum absolute atomic E-state index is 0.151. The summed E-state index contributed by atoms with van der Waals surface area (Å²) in [6, 6.07) is 6.95. The molecule has 208 valence electrons. The topological polar surface area (TPSA) is 124 Å². The van der Waals surface area contributed by atoms with E-state index in [4.69, 9.17) is 11.6 Å². The number of nitrogens with zero attached hydrogens (tertiary/aromatic N) is 3. The zero-order chi connectivity index (χ0) is 27.3. The van der Waals surface area contributed by atoms with Crippen LogP contribution in [0.2, 0.25) is 5.02 Å². The normalized spacial score (nSPS) is 24.2. The number of benzene rings is 1. The molecule has 0 bridgehead atoms. The van der Waals surface area contributed by atoms with Crippen LogP contribution in [0.25, 0.3) is 10.1 Å². The lowest BCUT2D eigenvalue weighted by Gasteiger charge is -2.40. The summed E-state index contributed by atoms with van der Waals surface area (Å²) in [5.74, 6) is -0.168. The molecule has 3 N–H and O–H groups in total. The van der Waals surface area contributed by atoms with Crippen molar-refractivity contribution in [1.82, 2.24) is 29.5 Å². The first-order valence-corrected chi connectivity index (χ1v) is 16.9. The van der Waals surface area contributed by atoms with Gasteiger partial charge in [0.2, 0.25) is 0 Å². The molecule has 0 radical (unpaired) electrons. The Kier molecular flexibility index (Phi) is 7.65. The van der Waals surface area contributed by atoms with Crippen molar-refractivity contribution in [3.63, 3.8) is 0 Å². The van der Waals surface area contributed by atoms with Gasteiger partial charge in [-0.15, -0.1) is 22.7 Å². The van der Waals surface area contributed by atoms with Gasteiger partial charge < -0.3 is 15.5 Å². The molecule has 2 amide bonds. The quantitative estimate of drug-likeness (QED) is 0.355. The molecule has 15 heteroatoms. The highest BCUT2D eigenvalue weighted by Gasteiger charge is 2.39. The lowest BCUT2D eigenvalue weighted by atomic mass is 10.1. The molecular weight excluding hydrogens is 600 g/mol. The number of halogens is 1. The first kappa shape index (κ1) is 27.4. The van der Waals surface area contributed by atoms with Crippen LogP contribution in [0.3, 0.4) is 0 Å². The summed E-state index contributed by atoms with van der Waals surface area (Å²) in [4.78, 5) is 32.9. The van der Waals surface area contributed by atoms with Crippen molar-refractivity contribution >= 4 is 77.5 Å². The van der Waals surface area contributed by atoms with E-state index < -0.39 is 10.0 Å². The Hall–Kier alpha value is -1.78. The predicted octanol–water partition coefficient (Wildman–Crippen LogP) is 3.63. The number of sulfonamides is 1. The number of hydrogen-bond donors (Lipinski definition) is 3. The molecule has 2 aromatic heterocycles. The van der Waals surface area contributed by atoms with Crippen LogP contribution in [0.5, 0.6) is 0 Å². The maximum absolute atomic E-state index is 13.7. The van der Waals surface area contributed by atoms with Gasteiger partial charge in [-0.1, -0.05) is 17.7 Å². The van der Waals surface area contributed by atoms with Crippen molar-refractivity contribution in [2.24, 2.45) is 0 Å². The van der Waals surface area contributed by atoms with Crippen LogP contribution in [0, 0.1) is 0 Å². The van der Waals surface area contributed by atoms with E-state index >= 15 is 0 Å². The number of carbonyl (C=O) groups excluding carboxylic acids is 2. The molecule has 39 heavy (non-hydrogen) atoms. The van der Waals surface area contributed by atoms with Crippen LogP contribution in [0.15, 0.2) is 28.5 Å². The van der Waals surface area contributed by atoms with Gasteiger partial charge >= 0.3 is 0 Å². The average Bonchev–Trinajstić information content (AvgIpc) is 3.64. The fourth-order valence-corrected chi connectivity index (χ4v) is 10.1. The Bertz CT molecular complexity index is 1540. The number of rotatable bonds is 6. The lowest BCUT2D eigenvalue weighted by Crippen LogP contribution is -2.56. The number of thiazole rings is 1. The molecule has 2 fully saturated rings. The summed E-state index contributed by atoms with van der Waals surface area (Å²) < 4.78 is 33.0. The fraction of sp³-hybridized carbons (Fsp3) is 0.458. The van der Waals surface area contributed by atoms with Crippen molar-refractivity contribution in [2.75, 3.05) is 19.6 Å². The third kappa shape index (κ3) is 5.58. The van der Waals surface area contributed by atoms with E-state index in [0.29, 0.717) is 35.5 Å². The molecule has 1 aromatic carbocycles. The van der Waals surface area contributed by atoms with Gasteiger partial charge in [0.15, 0.2) is 5.01 Å². The summed E-state index contributed by atoms with van der Waals surface area (Å²) >= 11 is 9.73. The van der Waals surface area contributed by atoms with Gasteiger partial charge in [0.25, 0.3) is 21.2 Å². The molecular formula is C24H27ClN6O4S4. The highest BCUT2D eigenvalue weighted by Crippen LogP contribution is 2.34. The Morgan fingerprint density at radius 2 is 2.05 bits per heavy atom.